The summed E-state index contributed by atoms with van der Waals surface area (Å²) in [5.74, 6) is -2.11. The van der Waals surface area contributed by atoms with Crippen LogP contribution in [0.3, 0.4) is 0 Å². The normalized spacial score (nSPS) is 13.8. The van der Waals surface area contributed by atoms with E-state index in [1.165, 1.54) is 270 Å². The number of hydrogen-bond donors (Lipinski definition) is 3. The SMILES string of the molecule is CCCCCCCCCCCCCCCCCCCCCCCC(=O)O[C@H](COC(=O)CCCCCCCCCCCCCCCCCCC)COP(=O)(O)OC[C@@H](O)COP(=O)(O)OC[C@@H](COC(=O)CCCCCCCCC)OC(=O)CCCCCCCCCCCCCCCCCCC. The minimum absolute atomic E-state index is 0.109. The first-order chi connectivity index (χ1) is 49.7. The van der Waals surface area contributed by atoms with Crippen LogP contribution < -0.4 is 0 Å². The van der Waals surface area contributed by atoms with E-state index in [1.807, 2.05) is 0 Å². The van der Waals surface area contributed by atoms with Gasteiger partial charge in [0, 0.05) is 25.7 Å². The van der Waals surface area contributed by atoms with Crippen LogP contribution in [-0.4, -0.2) is 96.7 Å². The maximum atomic E-state index is 13.1. The third-order valence-electron chi connectivity index (χ3n) is 19.6. The molecule has 5 atom stereocenters. The number of carbonyl (C=O) groups excluding carboxylic acids is 4. The van der Waals surface area contributed by atoms with Crippen LogP contribution in [0.25, 0.3) is 0 Å². The monoisotopic (exact) mass is 1490 g/mol. The summed E-state index contributed by atoms with van der Waals surface area (Å²) in [6, 6.07) is 0. The number of aliphatic hydroxyl groups is 1. The maximum Gasteiger partial charge on any atom is 0.472 e. The van der Waals surface area contributed by atoms with Crippen molar-refractivity contribution >= 4 is 39.5 Å². The lowest BCUT2D eigenvalue weighted by molar-refractivity contribution is -0.161. The molecule has 0 saturated carbocycles. The summed E-state index contributed by atoms with van der Waals surface area (Å²) in [5.41, 5.74) is 0. The van der Waals surface area contributed by atoms with Crippen molar-refractivity contribution in [2.75, 3.05) is 39.6 Å². The zero-order valence-corrected chi connectivity index (χ0v) is 68.4. The summed E-state index contributed by atoms with van der Waals surface area (Å²) in [6.07, 6.45) is 71.0. The zero-order chi connectivity index (χ0) is 74.6. The van der Waals surface area contributed by atoms with Gasteiger partial charge in [-0.05, 0) is 25.7 Å². The maximum absolute atomic E-state index is 13.1. The van der Waals surface area contributed by atoms with Crippen LogP contribution in [0.1, 0.15) is 451 Å². The fraction of sp³-hybridized carbons (Fsp3) is 0.952. The van der Waals surface area contributed by atoms with Gasteiger partial charge in [0.05, 0.1) is 26.4 Å². The highest BCUT2D eigenvalue weighted by atomic mass is 31.2. The summed E-state index contributed by atoms with van der Waals surface area (Å²) < 4.78 is 68.7. The zero-order valence-electron chi connectivity index (χ0n) is 66.6. The quantitative estimate of drug-likeness (QED) is 0.0222. The average Bonchev–Trinajstić information content (AvgIpc) is 0.920. The van der Waals surface area contributed by atoms with Gasteiger partial charge in [-0.1, -0.05) is 400 Å². The van der Waals surface area contributed by atoms with Crippen molar-refractivity contribution in [2.45, 2.75) is 470 Å². The highest BCUT2D eigenvalue weighted by Gasteiger charge is 2.30. The number of esters is 4. The van der Waals surface area contributed by atoms with Crippen LogP contribution in [0, 0.1) is 0 Å². The Morgan fingerprint density at radius 2 is 0.392 bits per heavy atom. The second kappa shape index (κ2) is 77.2. The van der Waals surface area contributed by atoms with Crippen molar-refractivity contribution in [3.05, 3.63) is 0 Å². The van der Waals surface area contributed by atoms with Crippen LogP contribution in [-0.2, 0) is 65.4 Å². The topological polar surface area (TPSA) is 237 Å². The Hall–Kier alpha value is -1.94. The third kappa shape index (κ3) is 76.3. The Morgan fingerprint density at radius 3 is 0.578 bits per heavy atom. The van der Waals surface area contributed by atoms with E-state index in [4.69, 9.17) is 37.0 Å². The van der Waals surface area contributed by atoms with E-state index < -0.39 is 97.5 Å². The summed E-state index contributed by atoms with van der Waals surface area (Å²) in [6.45, 7) is 5.00. The van der Waals surface area contributed by atoms with Crippen molar-refractivity contribution in [3.63, 3.8) is 0 Å². The molecular weight excluding hydrogens is 1330 g/mol. The van der Waals surface area contributed by atoms with E-state index in [2.05, 4.69) is 27.7 Å². The van der Waals surface area contributed by atoms with Crippen LogP contribution in [0.2, 0.25) is 0 Å². The lowest BCUT2D eigenvalue weighted by atomic mass is 10.0. The van der Waals surface area contributed by atoms with Gasteiger partial charge >= 0.3 is 39.5 Å². The minimum atomic E-state index is -4.96. The molecule has 0 radical (unpaired) electrons. The smallest absolute Gasteiger partial charge is 0.462 e. The molecule has 0 aliphatic heterocycles. The highest BCUT2D eigenvalue weighted by Crippen LogP contribution is 2.45. The molecular formula is C83H162O17P2. The van der Waals surface area contributed by atoms with Crippen molar-refractivity contribution in [3.8, 4) is 0 Å². The largest absolute Gasteiger partial charge is 0.472 e. The van der Waals surface area contributed by atoms with Gasteiger partial charge < -0.3 is 33.8 Å². The molecule has 0 amide bonds. The molecule has 0 aromatic carbocycles. The minimum Gasteiger partial charge on any atom is -0.462 e. The fourth-order valence-electron chi connectivity index (χ4n) is 13.0. The van der Waals surface area contributed by atoms with Crippen molar-refractivity contribution < 1.29 is 80.2 Å². The highest BCUT2D eigenvalue weighted by molar-refractivity contribution is 7.47. The summed E-state index contributed by atoms with van der Waals surface area (Å²) in [7, 11) is -9.91. The molecule has 0 saturated heterocycles. The van der Waals surface area contributed by atoms with E-state index in [0.29, 0.717) is 25.7 Å². The number of hydrogen-bond acceptors (Lipinski definition) is 15. The molecule has 0 rings (SSSR count). The predicted octanol–water partition coefficient (Wildman–Crippen LogP) is 25.4. The van der Waals surface area contributed by atoms with E-state index in [-0.39, 0.29) is 25.7 Å². The van der Waals surface area contributed by atoms with E-state index >= 15 is 0 Å². The lowest BCUT2D eigenvalue weighted by Crippen LogP contribution is -2.30. The molecule has 0 spiro atoms. The lowest BCUT2D eigenvalue weighted by Gasteiger charge is -2.21. The number of unbranched alkanes of at least 4 members (excludes halogenated alkanes) is 58. The van der Waals surface area contributed by atoms with Gasteiger partial charge in [0.1, 0.15) is 19.3 Å². The third-order valence-corrected chi connectivity index (χ3v) is 21.5. The van der Waals surface area contributed by atoms with Crippen LogP contribution in [0.15, 0.2) is 0 Å². The molecule has 0 heterocycles. The van der Waals surface area contributed by atoms with Crippen LogP contribution >= 0.6 is 15.6 Å². The van der Waals surface area contributed by atoms with Crippen LogP contribution in [0.5, 0.6) is 0 Å². The fourth-order valence-corrected chi connectivity index (χ4v) is 14.6. The number of phosphoric ester groups is 2. The molecule has 0 aliphatic rings. The van der Waals surface area contributed by atoms with E-state index in [0.717, 1.165) is 103 Å². The molecule has 0 aliphatic carbocycles. The molecule has 0 aromatic heterocycles. The predicted molar refractivity (Wildman–Crippen MR) is 419 cm³/mol. The molecule has 0 aromatic rings. The molecule has 3 N–H and O–H groups in total. The number of rotatable bonds is 84. The van der Waals surface area contributed by atoms with Gasteiger partial charge in [-0.3, -0.25) is 37.3 Å². The van der Waals surface area contributed by atoms with E-state index in [1.54, 1.807) is 0 Å². The van der Waals surface area contributed by atoms with Crippen LogP contribution in [0.4, 0.5) is 0 Å². The summed E-state index contributed by atoms with van der Waals surface area (Å²) in [5, 5.41) is 10.6. The number of carbonyl (C=O) groups is 4. The van der Waals surface area contributed by atoms with Crippen molar-refractivity contribution in [2.24, 2.45) is 0 Å². The van der Waals surface area contributed by atoms with Gasteiger partial charge in [-0.25, -0.2) is 9.13 Å². The Morgan fingerprint density at radius 1 is 0.235 bits per heavy atom. The van der Waals surface area contributed by atoms with Gasteiger partial charge in [0.15, 0.2) is 12.2 Å². The Labute approximate surface area is 626 Å². The second-order valence-electron chi connectivity index (χ2n) is 29.9. The number of phosphoric acid groups is 2. The Bertz CT molecular complexity index is 1930. The Kier molecular flexibility index (Phi) is 75.8. The molecule has 0 bridgehead atoms. The second-order valence-corrected chi connectivity index (χ2v) is 32.8. The van der Waals surface area contributed by atoms with E-state index in [9.17, 15) is 43.2 Å². The molecule has 2 unspecified atom stereocenters. The average molecular weight is 1490 g/mol. The number of aliphatic hydroxyl groups excluding tert-OH is 1. The van der Waals surface area contributed by atoms with Gasteiger partial charge in [-0.15, -0.1) is 0 Å². The van der Waals surface area contributed by atoms with Crippen molar-refractivity contribution in [1.82, 2.24) is 0 Å². The van der Waals surface area contributed by atoms with Gasteiger partial charge in [-0.2, -0.15) is 0 Å². The van der Waals surface area contributed by atoms with Gasteiger partial charge in [0.2, 0.25) is 0 Å². The Balaban J connectivity index is 5.16. The van der Waals surface area contributed by atoms with Crippen molar-refractivity contribution in [1.29, 1.82) is 0 Å². The molecule has 19 heteroatoms. The summed E-state index contributed by atoms with van der Waals surface area (Å²) >= 11 is 0. The first kappa shape index (κ1) is 100. The molecule has 0 fully saturated rings. The summed E-state index contributed by atoms with van der Waals surface area (Å²) in [4.78, 5) is 73.0. The first-order valence-electron chi connectivity index (χ1n) is 43.3. The first-order valence-corrected chi connectivity index (χ1v) is 46.3. The molecule has 606 valence electrons. The van der Waals surface area contributed by atoms with Gasteiger partial charge in [0.25, 0.3) is 0 Å². The molecule has 17 nitrogen and oxygen atoms in total. The number of ether oxygens (including phenoxy) is 4. The standard InChI is InChI=1S/C83H162O17P2/c1-5-9-13-17-21-24-27-30-33-36-37-38-39-42-45-48-51-54-58-62-66-70-83(88)100-79(74-94-81(86)68-64-60-56-52-49-46-43-40-34-31-28-25-22-18-14-10-6-2)76-98-102(91,92)96-72-77(84)71-95-101(89,90)97-75-78(73-93-80(85)67-63-59-55-20-16-12-8-4)99-82(87)69-65-61-57-53-50-47-44-41-35-32-29-26-23-19-15-11-7-3/h77-79,84H,5-76H2,1-4H3,(H,89,90)(H,91,92)/t77-,78+,79+/m0/s1. The molecule has 102 heavy (non-hydrogen) atoms.